The van der Waals surface area contributed by atoms with Crippen LogP contribution in [0, 0.1) is 0 Å². The molecule has 1 fully saturated rings. The molecule has 1 aromatic carbocycles. The lowest BCUT2D eigenvalue weighted by Crippen LogP contribution is -2.37. The van der Waals surface area contributed by atoms with Gasteiger partial charge in [0.15, 0.2) is 0 Å². The Hall–Kier alpha value is -1.28. The van der Waals surface area contributed by atoms with Crippen molar-refractivity contribution in [3.8, 4) is 0 Å². The summed E-state index contributed by atoms with van der Waals surface area (Å²) in [6, 6.07) is 4.42. The van der Waals surface area contributed by atoms with E-state index in [0.717, 1.165) is 4.90 Å². The Morgan fingerprint density at radius 1 is 1.41 bits per heavy atom. The topological polar surface area (TPSA) is 72.6 Å². The van der Waals surface area contributed by atoms with Crippen LogP contribution in [0.15, 0.2) is 30.9 Å². The lowest BCUT2D eigenvalue weighted by atomic mass is 10.1. The first-order valence-electron chi connectivity index (χ1n) is 5.76. The minimum atomic E-state index is -1.36. The zero-order chi connectivity index (χ0) is 17.1. The van der Waals surface area contributed by atoms with Gasteiger partial charge in [-0.05, 0) is 31.2 Å². The predicted octanol–water partition coefficient (Wildman–Crippen LogP) is 3.58. The van der Waals surface area contributed by atoms with Crippen molar-refractivity contribution in [3.63, 3.8) is 0 Å². The fourth-order valence-electron chi connectivity index (χ4n) is 1.60. The number of thiol groups is 1. The first-order valence-corrected chi connectivity index (χ1v) is 7.37. The number of thiocarbonyl (C=S) groups is 1. The summed E-state index contributed by atoms with van der Waals surface area (Å²) in [6.45, 7) is 4.95. The molecule has 118 valence electrons. The quantitative estimate of drug-likeness (QED) is 0.467. The number of hydrogen-bond acceptors (Lipinski definition) is 4. The zero-order valence-corrected chi connectivity index (χ0v) is 14.6. The number of imide groups is 1. The van der Waals surface area contributed by atoms with Crippen molar-refractivity contribution in [2.45, 2.75) is 12.5 Å². The second kappa shape index (κ2) is 7.32. The minimum Gasteiger partial charge on any atom is -0.428 e. The Bertz CT molecular complexity index is 630. The van der Waals surface area contributed by atoms with Gasteiger partial charge in [-0.25, -0.2) is 9.69 Å². The van der Waals surface area contributed by atoms with Crippen LogP contribution in [0.25, 0.3) is 0 Å². The van der Waals surface area contributed by atoms with E-state index in [1.807, 2.05) is 0 Å². The number of carbonyl (C=O) groups excluding carboxylic acids is 2. The molecule has 1 unspecified atom stereocenters. The van der Waals surface area contributed by atoms with Crippen LogP contribution in [0.3, 0.4) is 0 Å². The van der Waals surface area contributed by atoms with Crippen LogP contribution in [0.4, 0.5) is 10.5 Å². The van der Waals surface area contributed by atoms with Gasteiger partial charge in [0.25, 0.3) is 5.91 Å². The van der Waals surface area contributed by atoms with E-state index in [1.54, 1.807) is 0 Å². The largest absolute Gasteiger partial charge is 0.428 e. The maximum atomic E-state index is 12.1. The molecule has 0 aromatic heterocycles. The average molecular weight is 379 g/mol. The van der Waals surface area contributed by atoms with E-state index >= 15 is 0 Å². The number of cyclic esters (lactones) is 1. The molecule has 1 heterocycles. The summed E-state index contributed by atoms with van der Waals surface area (Å²) in [6.07, 6.45) is 0.500. The fourth-order valence-corrected chi connectivity index (χ4v) is 2.11. The molecule has 2 amide bonds. The molecular weight excluding hydrogens is 367 g/mol. The third-order valence-corrected chi connectivity index (χ3v) is 3.04. The smallest absolute Gasteiger partial charge is 0.422 e. The van der Waals surface area contributed by atoms with Crippen molar-refractivity contribution >= 4 is 70.1 Å². The van der Waals surface area contributed by atoms with Gasteiger partial charge in [0, 0.05) is 10.0 Å². The standard InChI is InChI=1S/C12H9Cl2NO3.CH3NS2/c1-3-12(2)10(16)15(11(17)18-12)9-5-7(13)4-8(14)6-9;2-1(3)4/h3-6H,1H2,2H3;(H3,2,3,4). The summed E-state index contributed by atoms with van der Waals surface area (Å²) in [4.78, 5) is 24.7. The van der Waals surface area contributed by atoms with E-state index in [2.05, 4.69) is 31.4 Å². The Morgan fingerprint density at radius 3 is 2.23 bits per heavy atom. The molecule has 9 heteroatoms. The fraction of sp³-hybridized carbons (Fsp3) is 0.154. The first-order chi connectivity index (χ1) is 10.1. The highest BCUT2D eigenvalue weighted by Gasteiger charge is 2.49. The molecule has 1 atom stereocenters. The number of amides is 2. The third-order valence-electron chi connectivity index (χ3n) is 2.60. The second-order valence-corrected chi connectivity index (χ2v) is 6.38. The lowest BCUT2D eigenvalue weighted by molar-refractivity contribution is -0.125. The van der Waals surface area contributed by atoms with Crippen molar-refractivity contribution in [1.82, 2.24) is 0 Å². The molecule has 2 rings (SSSR count). The number of benzene rings is 1. The Balaban J connectivity index is 0.000000541. The summed E-state index contributed by atoms with van der Waals surface area (Å²) in [5, 5.41) is 0.649. The highest BCUT2D eigenvalue weighted by Crippen LogP contribution is 2.33. The number of rotatable bonds is 2. The van der Waals surface area contributed by atoms with Gasteiger partial charge < -0.3 is 10.5 Å². The summed E-state index contributed by atoms with van der Waals surface area (Å²) < 4.78 is 5.18. The predicted molar refractivity (Wildman–Crippen MR) is 94.8 cm³/mol. The Labute approximate surface area is 148 Å². The molecule has 0 spiro atoms. The van der Waals surface area contributed by atoms with Crippen molar-refractivity contribution in [2.24, 2.45) is 5.73 Å². The maximum absolute atomic E-state index is 12.1. The third kappa shape index (κ3) is 4.36. The van der Waals surface area contributed by atoms with Crippen LogP contribution < -0.4 is 10.6 Å². The van der Waals surface area contributed by atoms with Gasteiger partial charge >= 0.3 is 6.09 Å². The number of anilines is 1. The van der Waals surface area contributed by atoms with Crippen LogP contribution in [0.5, 0.6) is 0 Å². The summed E-state index contributed by atoms with van der Waals surface area (Å²) in [5.41, 5.74) is 3.62. The molecule has 0 aliphatic carbocycles. The molecule has 1 saturated heterocycles. The van der Waals surface area contributed by atoms with E-state index in [0.29, 0.717) is 10.0 Å². The van der Waals surface area contributed by atoms with Gasteiger partial charge in [0.1, 0.15) is 4.32 Å². The lowest BCUT2D eigenvalue weighted by Gasteiger charge is -2.15. The molecule has 0 radical (unpaired) electrons. The highest BCUT2D eigenvalue weighted by molar-refractivity contribution is 8.10. The minimum absolute atomic E-state index is 0.194. The van der Waals surface area contributed by atoms with E-state index in [9.17, 15) is 9.59 Å². The number of nitrogens with zero attached hydrogens (tertiary/aromatic N) is 1. The SMILES string of the molecule is C=CC1(C)OC(=O)N(c2cc(Cl)cc(Cl)c2)C1=O.NC(=S)S. The molecule has 2 N–H and O–H groups in total. The summed E-state index contributed by atoms with van der Waals surface area (Å²) >= 11 is 19.3. The summed E-state index contributed by atoms with van der Waals surface area (Å²) in [5.74, 6) is -0.527. The van der Waals surface area contributed by atoms with Crippen LogP contribution in [-0.2, 0) is 9.53 Å². The van der Waals surface area contributed by atoms with E-state index in [4.69, 9.17) is 33.7 Å². The molecule has 1 aliphatic rings. The number of carbonyl (C=O) groups is 2. The van der Waals surface area contributed by atoms with Crippen molar-refractivity contribution in [1.29, 1.82) is 0 Å². The van der Waals surface area contributed by atoms with Crippen LogP contribution in [0.2, 0.25) is 10.0 Å². The number of nitrogens with two attached hydrogens (primary N) is 1. The molecule has 0 bridgehead atoms. The van der Waals surface area contributed by atoms with Gasteiger partial charge in [-0.3, -0.25) is 4.79 Å². The molecule has 5 nitrogen and oxygen atoms in total. The van der Waals surface area contributed by atoms with Crippen LogP contribution >= 0.6 is 48.0 Å². The average Bonchev–Trinajstić information content (AvgIpc) is 2.58. The molecule has 1 aliphatic heterocycles. The normalized spacial score (nSPS) is 20.1. The van der Waals surface area contributed by atoms with Gasteiger partial charge in [-0.1, -0.05) is 42.0 Å². The van der Waals surface area contributed by atoms with Gasteiger partial charge in [-0.2, -0.15) is 0 Å². The van der Waals surface area contributed by atoms with Gasteiger partial charge in [-0.15, -0.1) is 12.6 Å². The Morgan fingerprint density at radius 2 is 1.86 bits per heavy atom. The van der Waals surface area contributed by atoms with Crippen LogP contribution in [-0.4, -0.2) is 21.9 Å². The second-order valence-electron chi connectivity index (χ2n) is 4.29. The summed E-state index contributed by atoms with van der Waals surface area (Å²) in [7, 11) is 0. The molecule has 22 heavy (non-hydrogen) atoms. The van der Waals surface area contributed by atoms with Gasteiger partial charge in [0.05, 0.1) is 5.69 Å². The molecule has 1 aromatic rings. The van der Waals surface area contributed by atoms with Crippen LogP contribution in [0.1, 0.15) is 6.92 Å². The Kier molecular flexibility index (Phi) is 6.25. The zero-order valence-electron chi connectivity index (χ0n) is 11.4. The van der Waals surface area contributed by atoms with E-state index in [1.165, 1.54) is 31.2 Å². The highest BCUT2D eigenvalue weighted by atomic mass is 35.5. The molecular formula is C13H12Cl2N2O3S2. The van der Waals surface area contributed by atoms with Crippen molar-refractivity contribution in [3.05, 3.63) is 40.9 Å². The molecule has 0 saturated carbocycles. The van der Waals surface area contributed by atoms with Gasteiger partial charge in [0.2, 0.25) is 5.60 Å². The number of ether oxygens (including phenoxy) is 1. The van der Waals surface area contributed by atoms with E-state index < -0.39 is 17.6 Å². The van der Waals surface area contributed by atoms with Crippen molar-refractivity contribution in [2.75, 3.05) is 4.90 Å². The maximum Gasteiger partial charge on any atom is 0.422 e. The monoisotopic (exact) mass is 378 g/mol. The number of hydrogen-bond donors (Lipinski definition) is 2. The number of halogens is 2. The van der Waals surface area contributed by atoms with E-state index in [-0.39, 0.29) is 10.0 Å². The van der Waals surface area contributed by atoms with Crippen molar-refractivity contribution < 1.29 is 14.3 Å². The first kappa shape index (κ1) is 18.8.